The molecule has 0 saturated heterocycles. The average molecular weight is 210 g/mol. The summed E-state index contributed by atoms with van der Waals surface area (Å²) in [6.07, 6.45) is 4.32. The highest BCUT2D eigenvalue weighted by atomic mass is 32.2. The molecule has 0 aliphatic rings. The maximum Gasteiger partial charge on any atom is 0.0963 e. The molecule has 0 bridgehead atoms. The van der Waals surface area contributed by atoms with Crippen LogP contribution >= 0.6 is 11.8 Å². The van der Waals surface area contributed by atoms with Gasteiger partial charge >= 0.3 is 0 Å². The highest BCUT2D eigenvalue weighted by Crippen LogP contribution is 2.19. The van der Waals surface area contributed by atoms with Gasteiger partial charge in [0, 0.05) is 12.2 Å². The summed E-state index contributed by atoms with van der Waals surface area (Å²) in [5.74, 6) is 1.14. The molecule has 2 N–H and O–H groups in total. The predicted molar refractivity (Wildman–Crippen MR) is 62.5 cm³/mol. The van der Waals surface area contributed by atoms with E-state index >= 15 is 0 Å². The topological polar surface area (TPSA) is 38.9 Å². The molecule has 0 fully saturated rings. The first-order valence-electron chi connectivity index (χ1n) is 5.08. The Morgan fingerprint density at radius 1 is 1.57 bits per heavy atom. The summed E-state index contributed by atoms with van der Waals surface area (Å²) in [5.41, 5.74) is 6.97. The smallest absolute Gasteiger partial charge is 0.0963 e. The second-order valence-corrected chi connectivity index (χ2v) is 4.53. The zero-order chi connectivity index (χ0) is 10.4. The van der Waals surface area contributed by atoms with E-state index in [4.69, 9.17) is 5.73 Å². The Bertz CT molecular complexity index is 274. The molecular weight excluding hydrogens is 192 g/mol. The zero-order valence-electron chi connectivity index (χ0n) is 8.86. The lowest BCUT2D eigenvalue weighted by Crippen LogP contribution is -2.05. The fourth-order valence-corrected chi connectivity index (χ4v) is 2.10. The molecule has 0 spiro atoms. The Kier molecular flexibility index (Phi) is 4.98. The van der Waals surface area contributed by atoms with Gasteiger partial charge in [0.05, 0.1) is 5.03 Å². The van der Waals surface area contributed by atoms with Gasteiger partial charge in [-0.25, -0.2) is 4.98 Å². The molecule has 2 nitrogen and oxygen atoms in total. The third-order valence-corrected chi connectivity index (χ3v) is 3.04. The van der Waals surface area contributed by atoms with E-state index in [1.165, 1.54) is 18.4 Å². The van der Waals surface area contributed by atoms with Crippen LogP contribution in [0, 0.1) is 0 Å². The van der Waals surface area contributed by atoms with Crippen LogP contribution in [-0.4, -0.2) is 10.7 Å². The molecule has 1 heterocycles. The molecule has 0 radical (unpaired) electrons. The summed E-state index contributed by atoms with van der Waals surface area (Å²) in [6, 6.07) is 4.17. The number of aromatic nitrogens is 1. The van der Waals surface area contributed by atoms with Crippen molar-refractivity contribution in [1.82, 2.24) is 4.98 Å². The monoisotopic (exact) mass is 210 g/mol. The van der Waals surface area contributed by atoms with E-state index in [9.17, 15) is 0 Å². The lowest BCUT2D eigenvalue weighted by molar-refractivity contribution is 0.808. The first-order chi connectivity index (χ1) is 6.74. The van der Waals surface area contributed by atoms with E-state index in [2.05, 4.69) is 18.0 Å². The summed E-state index contributed by atoms with van der Waals surface area (Å²) < 4.78 is 0. The lowest BCUT2D eigenvalue weighted by atomic mass is 10.1. The van der Waals surface area contributed by atoms with Crippen LogP contribution in [0.25, 0.3) is 0 Å². The van der Waals surface area contributed by atoms with Crippen LogP contribution < -0.4 is 5.73 Å². The molecule has 0 aromatic carbocycles. The molecule has 78 valence electrons. The molecule has 1 atom stereocenters. The van der Waals surface area contributed by atoms with Gasteiger partial charge in [-0.1, -0.05) is 13.3 Å². The minimum Gasteiger partial charge on any atom is -0.324 e. The number of hydrogen-bond donors (Lipinski definition) is 1. The van der Waals surface area contributed by atoms with E-state index in [1.807, 2.05) is 30.9 Å². The molecule has 0 aliphatic heterocycles. The molecule has 14 heavy (non-hydrogen) atoms. The minimum atomic E-state index is 0.100. The van der Waals surface area contributed by atoms with Crippen molar-refractivity contribution in [2.24, 2.45) is 5.73 Å². The van der Waals surface area contributed by atoms with Crippen molar-refractivity contribution < 1.29 is 0 Å². The number of nitrogens with two attached hydrogens (primary N) is 1. The van der Waals surface area contributed by atoms with Gasteiger partial charge in [-0.15, -0.1) is 11.8 Å². The van der Waals surface area contributed by atoms with E-state index in [-0.39, 0.29) is 6.04 Å². The van der Waals surface area contributed by atoms with Gasteiger partial charge in [-0.2, -0.15) is 0 Å². The van der Waals surface area contributed by atoms with Gasteiger partial charge in [0.1, 0.15) is 0 Å². The van der Waals surface area contributed by atoms with Crippen molar-refractivity contribution in [3.8, 4) is 0 Å². The Morgan fingerprint density at radius 3 is 3.00 bits per heavy atom. The van der Waals surface area contributed by atoms with Gasteiger partial charge in [0.25, 0.3) is 0 Å². The summed E-state index contributed by atoms with van der Waals surface area (Å²) in [4.78, 5) is 4.30. The normalized spacial score (nSPS) is 12.8. The third kappa shape index (κ3) is 3.68. The van der Waals surface area contributed by atoms with Crippen molar-refractivity contribution >= 4 is 11.8 Å². The molecule has 3 heteroatoms. The van der Waals surface area contributed by atoms with Crippen LogP contribution in [0.15, 0.2) is 23.4 Å². The van der Waals surface area contributed by atoms with Crippen molar-refractivity contribution in [3.63, 3.8) is 0 Å². The number of unbranched alkanes of at least 4 members (excludes halogenated alkanes) is 1. The minimum absolute atomic E-state index is 0.100. The van der Waals surface area contributed by atoms with Gasteiger partial charge in [0.2, 0.25) is 0 Å². The first-order valence-corrected chi connectivity index (χ1v) is 6.07. The third-order valence-electron chi connectivity index (χ3n) is 2.03. The first kappa shape index (κ1) is 11.5. The second-order valence-electron chi connectivity index (χ2n) is 3.42. The number of thioether (sulfide) groups is 1. The van der Waals surface area contributed by atoms with E-state index in [1.54, 1.807) is 0 Å². The molecule has 1 rings (SSSR count). The van der Waals surface area contributed by atoms with Crippen molar-refractivity contribution in [1.29, 1.82) is 0 Å². The Morgan fingerprint density at radius 2 is 2.36 bits per heavy atom. The molecule has 0 saturated carbocycles. The van der Waals surface area contributed by atoms with E-state index in [0.29, 0.717) is 0 Å². The summed E-state index contributed by atoms with van der Waals surface area (Å²) in [7, 11) is 0. The quantitative estimate of drug-likeness (QED) is 0.600. The zero-order valence-corrected chi connectivity index (χ0v) is 9.68. The van der Waals surface area contributed by atoms with Crippen LogP contribution in [0.4, 0.5) is 0 Å². The lowest BCUT2D eigenvalue weighted by Gasteiger charge is -2.06. The summed E-state index contributed by atoms with van der Waals surface area (Å²) in [6.45, 7) is 4.20. The molecule has 1 aromatic rings. The van der Waals surface area contributed by atoms with Crippen molar-refractivity contribution in [2.75, 3.05) is 5.75 Å². The average Bonchev–Trinajstić information content (AvgIpc) is 2.19. The Hall–Kier alpha value is -0.540. The van der Waals surface area contributed by atoms with Crippen LogP contribution in [0.1, 0.15) is 38.3 Å². The van der Waals surface area contributed by atoms with Crippen LogP contribution in [0.5, 0.6) is 0 Å². The number of pyridine rings is 1. The number of nitrogens with zero attached hydrogens (tertiary/aromatic N) is 1. The fourth-order valence-electron chi connectivity index (χ4n) is 1.11. The number of hydrogen-bond acceptors (Lipinski definition) is 3. The fraction of sp³-hybridized carbons (Fsp3) is 0.545. The molecule has 1 aromatic heterocycles. The molecule has 0 amide bonds. The van der Waals surface area contributed by atoms with Crippen molar-refractivity contribution in [3.05, 3.63) is 23.9 Å². The van der Waals surface area contributed by atoms with E-state index < -0.39 is 0 Å². The van der Waals surface area contributed by atoms with Gasteiger partial charge in [0.15, 0.2) is 0 Å². The summed E-state index contributed by atoms with van der Waals surface area (Å²) >= 11 is 1.81. The molecule has 1 unspecified atom stereocenters. The second kappa shape index (κ2) is 6.04. The predicted octanol–water partition coefficient (Wildman–Crippen LogP) is 2.99. The SMILES string of the molecule is CCCCSc1cc(C(C)N)ccn1. The van der Waals surface area contributed by atoms with Gasteiger partial charge in [-0.3, -0.25) is 0 Å². The van der Waals surface area contributed by atoms with E-state index in [0.717, 1.165) is 10.8 Å². The van der Waals surface area contributed by atoms with Crippen LogP contribution in [0.3, 0.4) is 0 Å². The Balaban J connectivity index is 2.55. The highest BCUT2D eigenvalue weighted by molar-refractivity contribution is 7.99. The largest absolute Gasteiger partial charge is 0.324 e. The van der Waals surface area contributed by atoms with Gasteiger partial charge in [-0.05, 0) is 36.8 Å². The van der Waals surface area contributed by atoms with Crippen LogP contribution in [-0.2, 0) is 0 Å². The van der Waals surface area contributed by atoms with Gasteiger partial charge < -0.3 is 5.73 Å². The number of rotatable bonds is 5. The molecule has 0 aliphatic carbocycles. The highest BCUT2D eigenvalue weighted by Gasteiger charge is 2.01. The summed E-state index contributed by atoms with van der Waals surface area (Å²) in [5, 5.41) is 1.09. The van der Waals surface area contributed by atoms with Crippen LogP contribution in [0.2, 0.25) is 0 Å². The maximum absolute atomic E-state index is 5.80. The standard InChI is InChI=1S/C11H18N2S/c1-3-4-7-14-11-8-10(9(2)12)5-6-13-11/h5-6,8-9H,3-4,7,12H2,1-2H3. The Labute approximate surface area is 90.3 Å². The van der Waals surface area contributed by atoms with Crippen molar-refractivity contribution in [2.45, 2.75) is 37.8 Å². The molecular formula is C11H18N2S. The maximum atomic E-state index is 5.80.